The summed E-state index contributed by atoms with van der Waals surface area (Å²) in [4.78, 5) is 3.47. The summed E-state index contributed by atoms with van der Waals surface area (Å²) < 4.78 is 45.9. The van der Waals surface area contributed by atoms with Crippen molar-refractivity contribution in [1.82, 2.24) is 9.55 Å². The number of hydrogen-bond acceptors (Lipinski definition) is 2. The lowest BCUT2D eigenvalue weighted by atomic mass is 10.2. The van der Waals surface area contributed by atoms with Crippen LogP contribution in [0.3, 0.4) is 0 Å². The third-order valence-electron chi connectivity index (χ3n) is 3.19. The van der Waals surface area contributed by atoms with Gasteiger partial charge in [0.1, 0.15) is 6.73 Å². The van der Waals surface area contributed by atoms with Crippen molar-refractivity contribution < 1.29 is 17.9 Å². The Morgan fingerprint density at radius 2 is 1.75 bits per heavy atom. The lowest BCUT2D eigenvalue weighted by molar-refractivity contribution is -0.149. The third kappa shape index (κ3) is 4.79. The minimum atomic E-state index is -4.65. The van der Waals surface area contributed by atoms with Gasteiger partial charge in [0.05, 0.1) is 5.69 Å². The fraction of sp³-hybridized carbons (Fsp3) is 0.400. The predicted octanol–water partition coefficient (Wildman–Crippen LogP) is 5.87. The summed E-state index contributed by atoms with van der Waals surface area (Å²) in [5.41, 5.74) is 0.606. The second-order valence-electron chi connectivity index (χ2n) is 4.94. The van der Waals surface area contributed by atoms with Crippen molar-refractivity contribution in [2.45, 2.75) is 25.7 Å². The van der Waals surface area contributed by atoms with Gasteiger partial charge < -0.3 is 4.74 Å². The van der Waals surface area contributed by atoms with E-state index in [2.05, 4.69) is 4.98 Å². The maximum Gasteiger partial charge on any atom is 0.449 e. The summed E-state index contributed by atoms with van der Waals surface area (Å²) in [7, 11) is 0. The van der Waals surface area contributed by atoms with E-state index in [1.165, 1.54) is 0 Å². The van der Waals surface area contributed by atoms with Gasteiger partial charge in [-0.3, -0.25) is 4.57 Å². The van der Waals surface area contributed by atoms with Crippen molar-refractivity contribution in [3.63, 3.8) is 0 Å². The van der Waals surface area contributed by atoms with E-state index >= 15 is 0 Å². The molecule has 3 nitrogen and oxygen atoms in total. The number of nitrogens with zero attached hydrogens (tertiary/aromatic N) is 2. The van der Waals surface area contributed by atoms with Gasteiger partial charge in [0.25, 0.3) is 0 Å². The van der Waals surface area contributed by atoms with Crippen molar-refractivity contribution in [3.8, 4) is 11.3 Å². The fourth-order valence-electron chi connectivity index (χ4n) is 2.10. The number of imidazole rings is 1. The van der Waals surface area contributed by atoms with Gasteiger partial charge in [-0.2, -0.15) is 13.2 Å². The molecule has 0 aliphatic heterocycles. The molecule has 0 saturated heterocycles. The molecular formula is C15H14Cl3F3N2O. The van der Waals surface area contributed by atoms with Crippen LogP contribution in [0, 0.1) is 0 Å². The van der Waals surface area contributed by atoms with Gasteiger partial charge in [0, 0.05) is 23.1 Å². The van der Waals surface area contributed by atoms with Gasteiger partial charge in [0.2, 0.25) is 5.82 Å². The van der Waals surface area contributed by atoms with Gasteiger partial charge in [-0.05, 0) is 25.0 Å². The second kappa shape index (κ2) is 8.43. The molecule has 0 amide bonds. The quantitative estimate of drug-likeness (QED) is 0.428. The van der Waals surface area contributed by atoms with Crippen LogP contribution in [0.5, 0.6) is 0 Å². The van der Waals surface area contributed by atoms with E-state index in [1.54, 1.807) is 24.3 Å². The number of benzene rings is 1. The highest BCUT2D eigenvalue weighted by molar-refractivity contribution is 6.32. The van der Waals surface area contributed by atoms with Crippen LogP contribution in [-0.4, -0.2) is 22.0 Å². The molecule has 24 heavy (non-hydrogen) atoms. The van der Waals surface area contributed by atoms with Gasteiger partial charge >= 0.3 is 6.18 Å². The molecule has 0 fully saturated rings. The van der Waals surface area contributed by atoms with Crippen LogP contribution in [0.4, 0.5) is 13.2 Å². The van der Waals surface area contributed by atoms with E-state index in [0.717, 1.165) is 11.0 Å². The Bertz CT molecular complexity index is 672. The van der Waals surface area contributed by atoms with E-state index < -0.39 is 12.0 Å². The summed E-state index contributed by atoms with van der Waals surface area (Å²) in [6.45, 7) is -0.0192. The molecule has 2 rings (SSSR count). The Morgan fingerprint density at radius 3 is 2.33 bits per heavy atom. The summed E-state index contributed by atoms with van der Waals surface area (Å²) in [5, 5.41) is 0.225. The monoisotopic (exact) mass is 400 g/mol. The molecule has 0 aliphatic rings. The van der Waals surface area contributed by atoms with Crippen LogP contribution in [-0.2, 0) is 17.6 Å². The maximum absolute atomic E-state index is 13.2. The van der Waals surface area contributed by atoms with Crippen molar-refractivity contribution in [2.75, 3.05) is 12.5 Å². The average Bonchev–Trinajstić information content (AvgIpc) is 2.85. The molecule has 0 aliphatic carbocycles. The molecule has 0 unspecified atom stereocenters. The zero-order valence-electron chi connectivity index (χ0n) is 12.4. The molecule has 2 aromatic rings. The molecule has 0 bridgehead atoms. The average molecular weight is 402 g/mol. The standard InChI is InChI=1S/C15H14Cl3F3N2O/c16-7-1-2-8-24-9-23-12(10-3-5-11(17)6-4-10)13(18)22-14(23)15(19,20)21/h3-6H,1-2,7-9H2. The summed E-state index contributed by atoms with van der Waals surface area (Å²) in [6, 6.07) is 6.29. The number of alkyl halides is 4. The molecule has 0 N–H and O–H groups in total. The summed E-state index contributed by atoms with van der Waals surface area (Å²) in [6.07, 6.45) is -3.26. The zero-order chi connectivity index (χ0) is 17.7. The van der Waals surface area contributed by atoms with E-state index in [1.807, 2.05) is 0 Å². The van der Waals surface area contributed by atoms with E-state index in [9.17, 15) is 13.2 Å². The van der Waals surface area contributed by atoms with Crippen LogP contribution in [0.25, 0.3) is 11.3 Å². The lowest BCUT2D eigenvalue weighted by Crippen LogP contribution is -2.17. The Hall–Kier alpha value is -0.950. The number of hydrogen-bond donors (Lipinski definition) is 0. The lowest BCUT2D eigenvalue weighted by Gasteiger charge is -2.14. The van der Waals surface area contributed by atoms with Crippen molar-refractivity contribution in [1.29, 1.82) is 0 Å². The van der Waals surface area contributed by atoms with E-state index in [4.69, 9.17) is 39.5 Å². The number of ether oxygens (including phenoxy) is 1. The number of unbranched alkanes of at least 4 members (excludes halogenated alkanes) is 1. The number of halogens is 6. The van der Waals surface area contributed by atoms with E-state index in [-0.39, 0.29) is 17.6 Å². The minimum Gasteiger partial charge on any atom is -0.361 e. The van der Waals surface area contributed by atoms with Gasteiger partial charge in [-0.25, -0.2) is 4.98 Å². The van der Waals surface area contributed by atoms with Gasteiger partial charge in [-0.1, -0.05) is 35.3 Å². The Kier molecular flexibility index (Phi) is 6.80. The zero-order valence-corrected chi connectivity index (χ0v) is 14.7. The Balaban J connectivity index is 2.34. The molecule has 0 spiro atoms. The minimum absolute atomic E-state index is 0.137. The highest BCUT2D eigenvalue weighted by Gasteiger charge is 2.39. The molecule has 0 saturated carbocycles. The molecule has 0 radical (unpaired) electrons. The Morgan fingerprint density at radius 1 is 1.08 bits per heavy atom. The van der Waals surface area contributed by atoms with Crippen LogP contribution < -0.4 is 0 Å². The highest BCUT2D eigenvalue weighted by atomic mass is 35.5. The molecule has 1 aromatic carbocycles. The van der Waals surface area contributed by atoms with Crippen molar-refractivity contribution in [3.05, 3.63) is 40.3 Å². The van der Waals surface area contributed by atoms with Gasteiger partial charge in [0.15, 0.2) is 5.15 Å². The predicted molar refractivity (Wildman–Crippen MR) is 88.6 cm³/mol. The fourth-order valence-corrected chi connectivity index (χ4v) is 2.71. The number of aromatic nitrogens is 2. The summed E-state index contributed by atoms with van der Waals surface area (Å²) in [5.74, 6) is -0.626. The molecular weight excluding hydrogens is 388 g/mol. The van der Waals surface area contributed by atoms with Crippen LogP contribution >= 0.6 is 34.8 Å². The van der Waals surface area contributed by atoms with Crippen molar-refractivity contribution in [2.24, 2.45) is 0 Å². The van der Waals surface area contributed by atoms with Crippen LogP contribution in [0.2, 0.25) is 10.2 Å². The summed E-state index contributed by atoms with van der Waals surface area (Å²) >= 11 is 17.3. The SMILES string of the molecule is FC(F)(F)c1nc(Cl)c(-c2ccc(Cl)cc2)n1COCCCCCl. The molecule has 1 heterocycles. The first-order valence-corrected chi connectivity index (χ1v) is 8.36. The molecule has 0 atom stereocenters. The maximum atomic E-state index is 13.2. The second-order valence-corrected chi connectivity index (χ2v) is 6.11. The van der Waals surface area contributed by atoms with Crippen LogP contribution in [0.1, 0.15) is 18.7 Å². The third-order valence-corrected chi connectivity index (χ3v) is 3.97. The largest absolute Gasteiger partial charge is 0.449 e. The van der Waals surface area contributed by atoms with Gasteiger partial charge in [-0.15, -0.1) is 11.6 Å². The molecule has 1 aromatic heterocycles. The van der Waals surface area contributed by atoms with E-state index in [0.29, 0.717) is 29.5 Å². The first-order valence-electron chi connectivity index (χ1n) is 7.07. The topological polar surface area (TPSA) is 27.1 Å². The smallest absolute Gasteiger partial charge is 0.361 e. The Labute approximate surface area is 152 Å². The highest BCUT2D eigenvalue weighted by Crippen LogP contribution is 2.36. The normalized spacial score (nSPS) is 11.9. The number of rotatable bonds is 7. The first kappa shape index (κ1) is 19.4. The van der Waals surface area contributed by atoms with Crippen molar-refractivity contribution >= 4 is 34.8 Å². The van der Waals surface area contributed by atoms with Crippen LogP contribution in [0.15, 0.2) is 24.3 Å². The first-order chi connectivity index (χ1) is 11.3. The molecule has 9 heteroatoms. The molecule has 132 valence electrons.